The second kappa shape index (κ2) is 20.3. The van der Waals surface area contributed by atoms with Crippen LogP contribution < -0.4 is 39.0 Å². The van der Waals surface area contributed by atoms with Gasteiger partial charge in [-0.1, -0.05) is 60.7 Å². The number of imidazole rings is 2. The van der Waals surface area contributed by atoms with E-state index in [9.17, 15) is 19.8 Å². The number of nitrogens with zero attached hydrogens (tertiary/aromatic N) is 4. The third kappa shape index (κ3) is 11.7. The molecule has 8 aromatic rings. The van der Waals surface area contributed by atoms with Crippen molar-refractivity contribution < 1.29 is 58.8 Å². The SMILES string of the molecule is CC(C)(COc1ccc(-c2ccc(-c3ncc(-c4ccccc4)[nH]3)cn2)cc1)C(=O)O.CC(C)(COc1ccc(-c2ccc(-c3ncc(-c4ccccc4)[nH]3)cn2)cc1)C(=O)O.[Na+]. The van der Waals surface area contributed by atoms with Gasteiger partial charge in [-0.25, -0.2) is 9.97 Å². The topological polar surface area (TPSA) is 176 Å². The van der Waals surface area contributed by atoms with Gasteiger partial charge in [0.15, 0.2) is 0 Å². The zero-order chi connectivity index (χ0) is 43.7. The van der Waals surface area contributed by atoms with Crippen molar-refractivity contribution in [3.8, 4) is 79.3 Å². The quantitative estimate of drug-likeness (QED) is 0.0798. The Balaban J connectivity index is 0.000000206. The van der Waals surface area contributed by atoms with Crippen molar-refractivity contribution in [1.82, 2.24) is 29.9 Å². The maximum Gasteiger partial charge on any atom is 1.00 e. The number of nitrogens with one attached hydrogen (secondary N) is 2. The van der Waals surface area contributed by atoms with Gasteiger partial charge in [0.2, 0.25) is 0 Å². The molecule has 0 aliphatic carbocycles. The zero-order valence-electron chi connectivity index (χ0n) is 35.7. The van der Waals surface area contributed by atoms with E-state index in [0.717, 1.165) is 67.8 Å². The Morgan fingerprint density at radius 2 is 0.810 bits per heavy atom. The first-order valence-electron chi connectivity index (χ1n) is 19.9. The van der Waals surface area contributed by atoms with E-state index in [-0.39, 0.29) is 42.8 Å². The molecule has 0 unspecified atom stereocenters. The number of rotatable bonds is 14. The summed E-state index contributed by atoms with van der Waals surface area (Å²) >= 11 is 0. The molecule has 0 aliphatic heterocycles. The predicted molar refractivity (Wildman–Crippen MR) is 239 cm³/mol. The molecular formula is C50H46N6NaO6+. The molecule has 4 heterocycles. The summed E-state index contributed by atoms with van der Waals surface area (Å²) in [7, 11) is 0. The van der Waals surface area contributed by atoms with Crippen molar-refractivity contribution in [3.63, 3.8) is 0 Å². The Kier molecular flexibility index (Phi) is 14.7. The Hall–Kier alpha value is -6.86. The Labute approximate surface area is 387 Å². The summed E-state index contributed by atoms with van der Waals surface area (Å²) in [5.74, 6) is 1.00. The van der Waals surface area contributed by atoms with Gasteiger partial charge in [-0.15, -0.1) is 0 Å². The van der Waals surface area contributed by atoms with Crippen LogP contribution in [0.5, 0.6) is 11.5 Å². The van der Waals surface area contributed by atoms with E-state index < -0.39 is 22.8 Å². The molecule has 4 N–H and O–H groups in total. The molecule has 0 spiro atoms. The molecule has 4 aromatic carbocycles. The minimum Gasteiger partial charge on any atom is -0.492 e. The third-order valence-electron chi connectivity index (χ3n) is 10.1. The standard InChI is InChI=1S/2C25H23N3O3.Na/c2*1-25(2,24(29)30)16-31-20-11-8-18(9-12-20)21-13-10-19(14-26-21)23-27-15-22(28-23)17-6-4-3-5-7-17;/h2*3-15H,16H2,1-2H3,(H,27,28)(H,29,30);/q;;+1. The van der Waals surface area contributed by atoms with Gasteiger partial charge in [0.05, 0.1) is 46.0 Å². The molecule has 0 amide bonds. The van der Waals surface area contributed by atoms with Gasteiger partial charge in [-0.3, -0.25) is 19.6 Å². The van der Waals surface area contributed by atoms with E-state index in [1.54, 1.807) is 40.1 Å². The van der Waals surface area contributed by atoms with Gasteiger partial charge in [0.25, 0.3) is 0 Å². The fraction of sp³-hybridized carbons (Fsp3) is 0.160. The van der Waals surface area contributed by atoms with Crippen LogP contribution in [-0.4, -0.2) is 65.3 Å². The van der Waals surface area contributed by atoms with E-state index in [2.05, 4.69) is 29.9 Å². The number of carboxylic acid groups (broad SMARTS) is 2. The average Bonchev–Trinajstić information content (AvgIpc) is 4.01. The molecule has 8 rings (SSSR count). The second-order valence-corrected chi connectivity index (χ2v) is 15.9. The van der Waals surface area contributed by atoms with E-state index in [1.807, 2.05) is 146 Å². The Morgan fingerprint density at radius 1 is 0.460 bits per heavy atom. The molecule has 0 saturated carbocycles. The van der Waals surface area contributed by atoms with Gasteiger partial charge >= 0.3 is 41.5 Å². The third-order valence-corrected chi connectivity index (χ3v) is 10.1. The first kappa shape index (κ1) is 45.7. The van der Waals surface area contributed by atoms with Gasteiger partial charge < -0.3 is 29.7 Å². The fourth-order valence-electron chi connectivity index (χ4n) is 5.97. The van der Waals surface area contributed by atoms with E-state index in [4.69, 9.17) is 9.47 Å². The summed E-state index contributed by atoms with van der Waals surface area (Å²) < 4.78 is 11.3. The van der Waals surface area contributed by atoms with Crippen LogP contribution >= 0.6 is 0 Å². The smallest absolute Gasteiger partial charge is 0.492 e. The number of H-pyrrole nitrogens is 2. The van der Waals surface area contributed by atoms with Crippen molar-refractivity contribution in [1.29, 1.82) is 0 Å². The predicted octanol–water partition coefficient (Wildman–Crippen LogP) is 7.59. The molecule has 0 radical (unpaired) electrons. The number of benzene rings is 4. The summed E-state index contributed by atoms with van der Waals surface area (Å²) in [5.41, 5.74) is 7.56. The molecule has 0 fully saturated rings. The summed E-state index contributed by atoms with van der Waals surface area (Å²) in [6.07, 6.45) is 7.23. The molecule has 0 aliphatic rings. The van der Waals surface area contributed by atoms with Crippen molar-refractivity contribution in [3.05, 3.63) is 158 Å². The van der Waals surface area contributed by atoms with Crippen LogP contribution in [0.1, 0.15) is 27.7 Å². The summed E-state index contributed by atoms with van der Waals surface area (Å²) in [5, 5.41) is 18.4. The first-order valence-corrected chi connectivity index (χ1v) is 19.9. The molecule has 0 atom stereocenters. The average molecular weight is 850 g/mol. The number of hydrogen-bond acceptors (Lipinski definition) is 8. The molecular weight excluding hydrogens is 804 g/mol. The molecule has 12 nitrogen and oxygen atoms in total. The zero-order valence-corrected chi connectivity index (χ0v) is 37.7. The number of pyridine rings is 2. The summed E-state index contributed by atoms with van der Waals surface area (Å²) in [4.78, 5) is 47.1. The molecule has 0 saturated heterocycles. The second-order valence-electron chi connectivity index (χ2n) is 15.9. The number of ether oxygens (including phenoxy) is 2. The summed E-state index contributed by atoms with van der Waals surface area (Å²) in [6.45, 7) is 6.74. The number of aromatic amines is 2. The van der Waals surface area contributed by atoms with Crippen LogP contribution in [0.2, 0.25) is 0 Å². The van der Waals surface area contributed by atoms with Crippen molar-refractivity contribution in [2.45, 2.75) is 27.7 Å². The summed E-state index contributed by atoms with van der Waals surface area (Å²) in [6, 6.07) is 42.9. The van der Waals surface area contributed by atoms with Gasteiger partial charge in [-0.05, 0) is 112 Å². The molecule has 4 aromatic heterocycles. The number of aliphatic carboxylic acids is 2. The first-order chi connectivity index (χ1) is 29.8. The van der Waals surface area contributed by atoms with E-state index >= 15 is 0 Å². The number of aromatic nitrogens is 6. The van der Waals surface area contributed by atoms with Crippen LogP contribution in [0.4, 0.5) is 0 Å². The minimum absolute atomic E-state index is 0. The van der Waals surface area contributed by atoms with Crippen molar-refractivity contribution >= 4 is 11.9 Å². The van der Waals surface area contributed by atoms with Crippen LogP contribution in [0, 0.1) is 10.8 Å². The fourth-order valence-corrected chi connectivity index (χ4v) is 5.97. The van der Waals surface area contributed by atoms with Crippen molar-refractivity contribution in [2.75, 3.05) is 13.2 Å². The normalized spacial score (nSPS) is 11.1. The van der Waals surface area contributed by atoms with E-state index in [0.29, 0.717) is 11.5 Å². The van der Waals surface area contributed by atoms with Gasteiger partial charge in [0.1, 0.15) is 36.4 Å². The van der Waals surface area contributed by atoms with Gasteiger partial charge in [-0.2, -0.15) is 0 Å². The maximum atomic E-state index is 11.2. The van der Waals surface area contributed by atoms with E-state index in [1.165, 1.54) is 0 Å². The van der Waals surface area contributed by atoms with Crippen LogP contribution in [0.25, 0.3) is 67.8 Å². The number of carboxylic acids is 2. The molecule has 13 heteroatoms. The van der Waals surface area contributed by atoms with Crippen LogP contribution in [-0.2, 0) is 9.59 Å². The minimum atomic E-state index is -0.942. The number of hydrogen-bond donors (Lipinski definition) is 4. The maximum absolute atomic E-state index is 11.2. The largest absolute Gasteiger partial charge is 1.00 e. The van der Waals surface area contributed by atoms with Crippen LogP contribution in [0.3, 0.4) is 0 Å². The van der Waals surface area contributed by atoms with Crippen LogP contribution in [0.15, 0.2) is 158 Å². The van der Waals surface area contributed by atoms with Gasteiger partial charge in [0, 0.05) is 34.6 Å². The molecule has 63 heavy (non-hydrogen) atoms. The monoisotopic (exact) mass is 849 g/mol. The Morgan fingerprint density at radius 3 is 1.13 bits per heavy atom. The molecule has 312 valence electrons. The molecule has 0 bridgehead atoms. The Bertz CT molecular complexity index is 2530. The number of carbonyl (C=O) groups is 2. The van der Waals surface area contributed by atoms with Crippen molar-refractivity contribution in [2.24, 2.45) is 10.8 Å².